The van der Waals surface area contributed by atoms with Crippen LogP contribution >= 0.6 is 0 Å². The van der Waals surface area contributed by atoms with Gasteiger partial charge in [-0.3, -0.25) is 9.79 Å². The summed E-state index contributed by atoms with van der Waals surface area (Å²) in [5.74, 6) is 2.12. The van der Waals surface area contributed by atoms with Crippen LogP contribution in [-0.4, -0.2) is 52.4 Å². The lowest BCUT2D eigenvalue weighted by Crippen LogP contribution is -2.38. The molecule has 0 saturated heterocycles. The molecule has 0 saturated carbocycles. The minimum Gasteiger partial charge on any atom is -0.493 e. The van der Waals surface area contributed by atoms with E-state index < -0.39 is 0 Å². The van der Waals surface area contributed by atoms with E-state index in [0.717, 1.165) is 36.8 Å². The van der Waals surface area contributed by atoms with Crippen molar-refractivity contribution in [2.24, 2.45) is 4.99 Å². The van der Waals surface area contributed by atoms with Crippen molar-refractivity contribution >= 4 is 11.9 Å². The van der Waals surface area contributed by atoms with E-state index in [-0.39, 0.29) is 5.97 Å². The van der Waals surface area contributed by atoms with E-state index in [1.54, 1.807) is 14.2 Å². The summed E-state index contributed by atoms with van der Waals surface area (Å²) in [6, 6.07) is 6.03. The van der Waals surface area contributed by atoms with Gasteiger partial charge in [-0.2, -0.15) is 0 Å². The minimum atomic E-state index is -0.159. The third kappa shape index (κ3) is 9.17. The first-order chi connectivity index (χ1) is 13.1. The smallest absolute Gasteiger partial charge is 0.305 e. The molecule has 7 nitrogen and oxygen atoms in total. The van der Waals surface area contributed by atoms with Gasteiger partial charge in [-0.15, -0.1) is 0 Å². The van der Waals surface area contributed by atoms with E-state index >= 15 is 0 Å². The Labute approximate surface area is 162 Å². The Morgan fingerprint density at radius 1 is 1.07 bits per heavy atom. The quantitative estimate of drug-likeness (QED) is 0.251. The van der Waals surface area contributed by atoms with Crippen molar-refractivity contribution < 1.29 is 19.0 Å². The van der Waals surface area contributed by atoms with Gasteiger partial charge in [0.05, 0.1) is 20.3 Å². The third-order valence-corrected chi connectivity index (χ3v) is 3.84. The lowest BCUT2D eigenvalue weighted by atomic mass is 10.1. The predicted molar refractivity (Wildman–Crippen MR) is 108 cm³/mol. The Morgan fingerprint density at radius 3 is 2.44 bits per heavy atom. The van der Waals surface area contributed by atoms with Crippen LogP contribution in [0.3, 0.4) is 0 Å². The molecule has 152 valence electrons. The van der Waals surface area contributed by atoms with Gasteiger partial charge in [0.25, 0.3) is 0 Å². The molecule has 1 aromatic rings. The van der Waals surface area contributed by atoms with Crippen LogP contribution in [0.5, 0.6) is 11.5 Å². The van der Waals surface area contributed by atoms with Crippen LogP contribution < -0.4 is 20.1 Å². The van der Waals surface area contributed by atoms with Gasteiger partial charge in [0.15, 0.2) is 17.5 Å². The lowest BCUT2D eigenvalue weighted by molar-refractivity contribution is -0.143. The van der Waals surface area contributed by atoms with Crippen LogP contribution in [0.4, 0.5) is 0 Å². The highest BCUT2D eigenvalue weighted by Gasteiger charge is 2.06. The highest BCUT2D eigenvalue weighted by Crippen LogP contribution is 2.28. The number of guanidine groups is 1. The summed E-state index contributed by atoms with van der Waals surface area (Å²) in [4.78, 5) is 15.5. The van der Waals surface area contributed by atoms with Gasteiger partial charge in [-0.05, 0) is 50.8 Å². The predicted octanol–water partition coefficient (Wildman–Crippen LogP) is 2.53. The van der Waals surface area contributed by atoms with Crippen molar-refractivity contribution in [2.75, 3.05) is 40.5 Å². The third-order valence-electron chi connectivity index (χ3n) is 3.84. The van der Waals surface area contributed by atoms with E-state index in [1.165, 1.54) is 5.56 Å². The van der Waals surface area contributed by atoms with Crippen molar-refractivity contribution in [3.05, 3.63) is 23.8 Å². The fourth-order valence-electron chi connectivity index (χ4n) is 2.54. The molecule has 0 aromatic heterocycles. The molecule has 0 aliphatic rings. The Morgan fingerprint density at radius 2 is 1.81 bits per heavy atom. The summed E-state index contributed by atoms with van der Waals surface area (Å²) < 4.78 is 15.8. The van der Waals surface area contributed by atoms with Crippen LogP contribution in [0.2, 0.25) is 0 Å². The number of benzene rings is 1. The largest absolute Gasteiger partial charge is 0.493 e. The first kappa shape index (κ1) is 22.6. The molecule has 0 fully saturated rings. The number of carbonyl (C=O) groups excluding carboxylic acids is 1. The van der Waals surface area contributed by atoms with Gasteiger partial charge >= 0.3 is 5.97 Å². The van der Waals surface area contributed by atoms with E-state index in [2.05, 4.69) is 21.7 Å². The van der Waals surface area contributed by atoms with Crippen LogP contribution in [0.25, 0.3) is 0 Å². The average molecular weight is 380 g/mol. The first-order valence-electron chi connectivity index (χ1n) is 9.54. The van der Waals surface area contributed by atoms with Crippen LogP contribution in [-0.2, 0) is 16.0 Å². The number of rotatable bonds is 12. The first-order valence-corrected chi connectivity index (χ1v) is 9.54. The molecule has 2 N–H and O–H groups in total. The molecule has 1 rings (SSSR count). The maximum atomic E-state index is 11.3. The van der Waals surface area contributed by atoms with Crippen LogP contribution in [0.15, 0.2) is 23.2 Å². The Kier molecular flexibility index (Phi) is 11.5. The summed E-state index contributed by atoms with van der Waals surface area (Å²) in [7, 11) is 3.38. The van der Waals surface area contributed by atoms with E-state index in [9.17, 15) is 4.79 Å². The molecule has 0 unspecified atom stereocenters. The van der Waals surface area contributed by atoms with Crippen molar-refractivity contribution in [3.8, 4) is 11.5 Å². The van der Waals surface area contributed by atoms with Crippen molar-refractivity contribution in [2.45, 2.75) is 39.5 Å². The van der Waals surface area contributed by atoms with Crippen molar-refractivity contribution in [3.63, 3.8) is 0 Å². The number of aryl methyl sites for hydroxylation is 1. The molecule has 27 heavy (non-hydrogen) atoms. The molecule has 1 aromatic carbocycles. The Balaban J connectivity index is 2.29. The molecule has 0 spiro atoms. The number of ether oxygens (including phenoxy) is 3. The van der Waals surface area contributed by atoms with Gasteiger partial charge in [-0.25, -0.2) is 0 Å². The minimum absolute atomic E-state index is 0.159. The van der Waals surface area contributed by atoms with Crippen LogP contribution in [0.1, 0.15) is 38.7 Å². The highest BCUT2D eigenvalue weighted by atomic mass is 16.5. The number of aliphatic imine (C=N–C) groups is 1. The zero-order valence-corrected chi connectivity index (χ0v) is 17.0. The number of methoxy groups -OCH3 is 1. The monoisotopic (exact) mass is 379 g/mol. The zero-order chi connectivity index (χ0) is 19.9. The van der Waals surface area contributed by atoms with Gasteiger partial charge in [-0.1, -0.05) is 6.07 Å². The standard InChI is InChI=1S/C20H33N3O4/c1-5-26-18-15-16(11-12-17(18)25-4)9-7-13-22-20(21-3)23-14-8-10-19(24)27-6-2/h11-12,15H,5-10,13-14H2,1-4H3,(H2,21,22,23). The highest BCUT2D eigenvalue weighted by molar-refractivity contribution is 5.79. The van der Waals surface area contributed by atoms with Gasteiger partial charge < -0.3 is 24.8 Å². The van der Waals surface area contributed by atoms with Gasteiger partial charge in [0.2, 0.25) is 0 Å². The summed E-state index contributed by atoms with van der Waals surface area (Å²) in [5, 5.41) is 6.48. The van der Waals surface area contributed by atoms with E-state index in [0.29, 0.717) is 32.6 Å². The summed E-state index contributed by atoms with van der Waals surface area (Å²) >= 11 is 0. The lowest BCUT2D eigenvalue weighted by Gasteiger charge is -2.13. The molecule has 0 radical (unpaired) electrons. The average Bonchev–Trinajstić information content (AvgIpc) is 2.67. The molecular formula is C20H33N3O4. The number of hydrogen-bond acceptors (Lipinski definition) is 5. The number of nitrogens with zero attached hydrogens (tertiary/aromatic N) is 1. The summed E-state index contributed by atoms with van der Waals surface area (Å²) in [6.45, 7) is 6.28. The fourth-order valence-corrected chi connectivity index (χ4v) is 2.54. The second kappa shape index (κ2) is 13.7. The van der Waals surface area contributed by atoms with Gasteiger partial charge in [0.1, 0.15) is 0 Å². The molecule has 0 atom stereocenters. The maximum Gasteiger partial charge on any atom is 0.305 e. The topological polar surface area (TPSA) is 81.2 Å². The van der Waals surface area contributed by atoms with Crippen molar-refractivity contribution in [1.29, 1.82) is 0 Å². The fraction of sp³-hybridized carbons (Fsp3) is 0.600. The number of esters is 1. The maximum absolute atomic E-state index is 11.3. The molecule has 0 aliphatic heterocycles. The van der Waals surface area contributed by atoms with E-state index in [4.69, 9.17) is 14.2 Å². The number of carbonyl (C=O) groups is 1. The number of nitrogens with one attached hydrogen (secondary N) is 2. The SMILES string of the molecule is CCOC(=O)CCCNC(=NC)NCCCc1ccc(OC)c(OCC)c1. The Hall–Kier alpha value is -2.44. The molecule has 0 bridgehead atoms. The summed E-state index contributed by atoms with van der Waals surface area (Å²) in [6.07, 6.45) is 3.02. The van der Waals surface area contributed by atoms with Crippen LogP contribution in [0, 0.1) is 0 Å². The van der Waals surface area contributed by atoms with E-state index in [1.807, 2.05) is 26.0 Å². The second-order valence-electron chi connectivity index (χ2n) is 5.86. The molecule has 0 heterocycles. The van der Waals surface area contributed by atoms with Gasteiger partial charge in [0, 0.05) is 26.6 Å². The Bertz CT molecular complexity index is 591. The normalized spacial score (nSPS) is 11.0. The molecule has 0 amide bonds. The summed E-state index contributed by atoms with van der Waals surface area (Å²) in [5.41, 5.74) is 1.21. The molecule has 0 aliphatic carbocycles. The molecule has 7 heteroatoms. The van der Waals surface area contributed by atoms with Crippen molar-refractivity contribution in [1.82, 2.24) is 10.6 Å². The molecular weight excluding hydrogens is 346 g/mol. The zero-order valence-electron chi connectivity index (χ0n) is 17.0. The number of hydrogen-bond donors (Lipinski definition) is 2. The second-order valence-corrected chi connectivity index (χ2v) is 5.86.